The van der Waals surface area contributed by atoms with Crippen LogP contribution in [0.3, 0.4) is 0 Å². The quantitative estimate of drug-likeness (QED) is 0.578. The Kier molecular flexibility index (Phi) is 2.86. The minimum Gasteiger partial charge on any atom is -0.380 e. The molecule has 0 spiro atoms. The Morgan fingerprint density at radius 1 is 1.56 bits per heavy atom. The summed E-state index contributed by atoms with van der Waals surface area (Å²) >= 11 is 0. The first-order chi connectivity index (χ1) is 7.72. The van der Waals surface area contributed by atoms with Crippen molar-refractivity contribution in [1.29, 1.82) is 0 Å². The highest BCUT2D eigenvalue weighted by atomic mass is 19.1. The topological polar surface area (TPSA) is 38.7 Å². The second-order valence-corrected chi connectivity index (χ2v) is 3.97. The Labute approximate surface area is 93.0 Å². The zero-order valence-electron chi connectivity index (χ0n) is 9.00. The standard InChI is InChI=1S/C12H12FNO2/c1-16-7-9-2-3-10(6-11(9)13)12(4-5-12)14-8-15/h2-3,6H,4-5,7H2,1H3. The average Bonchev–Trinajstić information content (AvgIpc) is 3.03. The van der Waals surface area contributed by atoms with E-state index in [0.717, 1.165) is 18.4 Å². The van der Waals surface area contributed by atoms with E-state index in [0.29, 0.717) is 5.56 Å². The van der Waals surface area contributed by atoms with E-state index in [9.17, 15) is 9.18 Å². The Bertz CT molecular complexity index is 448. The van der Waals surface area contributed by atoms with Gasteiger partial charge in [-0.05, 0) is 24.5 Å². The highest BCUT2D eigenvalue weighted by molar-refractivity contribution is 5.42. The molecule has 0 N–H and O–H groups in total. The van der Waals surface area contributed by atoms with Crippen molar-refractivity contribution in [1.82, 2.24) is 0 Å². The number of carbonyl (C=O) groups excluding carboxylic acids is 1. The van der Waals surface area contributed by atoms with Gasteiger partial charge < -0.3 is 4.74 Å². The van der Waals surface area contributed by atoms with Gasteiger partial charge in [-0.3, -0.25) is 0 Å². The Balaban J connectivity index is 2.31. The molecule has 1 fully saturated rings. The van der Waals surface area contributed by atoms with E-state index < -0.39 is 5.54 Å². The summed E-state index contributed by atoms with van der Waals surface area (Å²) in [5, 5.41) is 0. The van der Waals surface area contributed by atoms with Gasteiger partial charge in [0.05, 0.1) is 12.1 Å². The molecule has 0 radical (unpaired) electrons. The molecular weight excluding hydrogens is 209 g/mol. The molecule has 4 heteroatoms. The van der Waals surface area contributed by atoms with Crippen molar-refractivity contribution in [2.75, 3.05) is 7.11 Å². The van der Waals surface area contributed by atoms with Gasteiger partial charge in [-0.2, -0.15) is 4.99 Å². The van der Waals surface area contributed by atoms with E-state index in [1.54, 1.807) is 18.2 Å². The summed E-state index contributed by atoms with van der Waals surface area (Å²) in [6.45, 7) is 0.246. The zero-order chi connectivity index (χ0) is 11.6. The number of halogens is 1. The highest BCUT2D eigenvalue weighted by Gasteiger charge is 2.45. The lowest BCUT2D eigenvalue weighted by molar-refractivity contribution is 0.181. The molecule has 1 aliphatic carbocycles. The maximum atomic E-state index is 13.6. The molecule has 1 saturated carbocycles. The molecule has 0 heterocycles. The Morgan fingerprint density at radius 2 is 2.31 bits per heavy atom. The van der Waals surface area contributed by atoms with E-state index in [2.05, 4.69) is 4.99 Å². The fourth-order valence-corrected chi connectivity index (χ4v) is 1.78. The molecule has 1 aliphatic rings. The van der Waals surface area contributed by atoms with E-state index in [4.69, 9.17) is 4.74 Å². The zero-order valence-corrected chi connectivity index (χ0v) is 9.00. The molecule has 0 saturated heterocycles. The molecule has 84 valence electrons. The van der Waals surface area contributed by atoms with E-state index >= 15 is 0 Å². The van der Waals surface area contributed by atoms with Gasteiger partial charge in [0.1, 0.15) is 5.82 Å². The Hall–Kier alpha value is -1.51. The number of rotatable bonds is 4. The Morgan fingerprint density at radius 3 is 2.81 bits per heavy atom. The van der Waals surface area contributed by atoms with Crippen LogP contribution in [0.1, 0.15) is 24.0 Å². The number of benzene rings is 1. The first-order valence-electron chi connectivity index (χ1n) is 5.09. The number of methoxy groups -OCH3 is 1. The number of hydrogen-bond donors (Lipinski definition) is 0. The molecule has 1 aromatic carbocycles. The highest BCUT2D eigenvalue weighted by Crippen LogP contribution is 2.49. The molecule has 0 atom stereocenters. The second-order valence-electron chi connectivity index (χ2n) is 3.97. The number of ether oxygens (including phenoxy) is 1. The molecule has 0 aliphatic heterocycles. The summed E-state index contributed by atoms with van der Waals surface area (Å²) in [6, 6.07) is 4.90. The average molecular weight is 221 g/mol. The molecule has 0 unspecified atom stereocenters. The molecule has 3 nitrogen and oxygen atoms in total. The normalized spacial score (nSPS) is 16.6. The summed E-state index contributed by atoms with van der Waals surface area (Å²) in [7, 11) is 1.52. The molecule has 1 aromatic rings. The summed E-state index contributed by atoms with van der Waals surface area (Å²) in [4.78, 5) is 14.0. The number of isocyanates is 1. The lowest BCUT2D eigenvalue weighted by Crippen LogP contribution is -2.04. The van der Waals surface area contributed by atoms with Crippen molar-refractivity contribution < 1.29 is 13.9 Å². The van der Waals surface area contributed by atoms with Crippen molar-refractivity contribution in [2.24, 2.45) is 4.99 Å². The molecular formula is C12H12FNO2. The number of hydrogen-bond acceptors (Lipinski definition) is 3. The predicted molar refractivity (Wildman–Crippen MR) is 56.1 cm³/mol. The van der Waals surface area contributed by atoms with Gasteiger partial charge in [-0.25, -0.2) is 9.18 Å². The van der Waals surface area contributed by atoms with Crippen LogP contribution in [0.4, 0.5) is 4.39 Å². The van der Waals surface area contributed by atoms with Crippen molar-refractivity contribution in [3.8, 4) is 0 Å². The lowest BCUT2D eigenvalue weighted by atomic mass is 10.0. The van der Waals surface area contributed by atoms with Crippen LogP contribution in [-0.2, 0) is 21.7 Å². The van der Waals surface area contributed by atoms with E-state index in [1.807, 2.05) is 0 Å². The summed E-state index contributed by atoms with van der Waals surface area (Å²) in [5.74, 6) is -0.313. The number of aliphatic imine (C=N–C) groups is 1. The van der Waals surface area contributed by atoms with Crippen molar-refractivity contribution in [2.45, 2.75) is 25.0 Å². The minimum atomic E-state index is -0.506. The van der Waals surface area contributed by atoms with Gasteiger partial charge in [-0.1, -0.05) is 12.1 Å². The van der Waals surface area contributed by atoms with Gasteiger partial charge in [-0.15, -0.1) is 0 Å². The molecule has 0 bridgehead atoms. The summed E-state index contributed by atoms with van der Waals surface area (Å²) in [6.07, 6.45) is 3.12. The van der Waals surface area contributed by atoms with Gasteiger partial charge in [0.2, 0.25) is 6.08 Å². The smallest absolute Gasteiger partial charge is 0.235 e. The fraction of sp³-hybridized carbons (Fsp3) is 0.417. The van der Waals surface area contributed by atoms with Crippen LogP contribution in [0.15, 0.2) is 23.2 Å². The molecule has 0 aromatic heterocycles. The van der Waals surface area contributed by atoms with Crippen LogP contribution in [0.2, 0.25) is 0 Å². The van der Waals surface area contributed by atoms with Gasteiger partial charge >= 0.3 is 0 Å². The largest absolute Gasteiger partial charge is 0.380 e. The molecule has 16 heavy (non-hydrogen) atoms. The van der Waals surface area contributed by atoms with Crippen LogP contribution in [0.5, 0.6) is 0 Å². The van der Waals surface area contributed by atoms with Crippen molar-refractivity contribution in [3.63, 3.8) is 0 Å². The first kappa shape index (κ1) is 11.0. The van der Waals surface area contributed by atoms with Gasteiger partial charge in [0, 0.05) is 12.7 Å². The van der Waals surface area contributed by atoms with Crippen molar-refractivity contribution in [3.05, 3.63) is 35.1 Å². The van der Waals surface area contributed by atoms with E-state index in [1.165, 1.54) is 13.2 Å². The van der Waals surface area contributed by atoms with Gasteiger partial charge in [0.15, 0.2) is 0 Å². The molecule has 0 amide bonds. The first-order valence-corrected chi connectivity index (χ1v) is 5.09. The van der Waals surface area contributed by atoms with Gasteiger partial charge in [0.25, 0.3) is 0 Å². The van der Waals surface area contributed by atoms with Crippen molar-refractivity contribution >= 4 is 6.08 Å². The minimum absolute atomic E-state index is 0.246. The fourth-order valence-electron chi connectivity index (χ4n) is 1.78. The monoisotopic (exact) mass is 221 g/mol. The van der Waals surface area contributed by atoms with Crippen LogP contribution in [-0.4, -0.2) is 13.2 Å². The second kappa shape index (κ2) is 4.16. The third-order valence-electron chi connectivity index (χ3n) is 2.87. The van der Waals surface area contributed by atoms with Crippen LogP contribution >= 0.6 is 0 Å². The third kappa shape index (κ3) is 1.90. The lowest BCUT2D eigenvalue weighted by Gasteiger charge is -2.10. The van der Waals surface area contributed by atoms with E-state index in [-0.39, 0.29) is 12.4 Å². The SMILES string of the molecule is COCc1ccc(C2(N=C=O)CC2)cc1F. The molecule has 2 rings (SSSR count). The predicted octanol–water partition coefficient (Wildman–Crippen LogP) is 2.30. The summed E-state index contributed by atoms with van der Waals surface area (Å²) in [5.41, 5.74) is 0.749. The third-order valence-corrected chi connectivity index (χ3v) is 2.87. The summed E-state index contributed by atoms with van der Waals surface area (Å²) < 4.78 is 18.5. The maximum absolute atomic E-state index is 13.6. The van der Waals surface area contributed by atoms with Crippen LogP contribution < -0.4 is 0 Å². The number of nitrogens with zero attached hydrogens (tertiary/aromatic N) is 1. The van der Waals surface area contributed by atoms with Crippen LogP contribution in [0.25, 0.3) is 0 Å². The van der Waals surface area contributed by atoms with Crippen LogP contribution in [0, 0.1) is 5.82 Å². The maximum Gasteiger partial charge on any atom is 0.235 e.